The van der Waals surface area contributed by atoms with Crippen LogP contribution in [0.15, 0.2) is 43.2 Å². The molecule has 0 aromatic heterocycles. The summed E-state index contributed by atoms with van der Waals surface area (Å²) in [5.41, 5.74) is 0.502. The maximum Gasteiger partial charge on any atom is 0.138 e. The van der Waals surface area contributed by atoms with Crippen molar-refractivity contribution in [2.45, 2.75) is 19.4 Å². The van der Waals surface area contributed by atoms with Gasteiger partial charge in [-0.05, 0) is 70.0 Å². The van der Waals surface area contributed by atoms with Crippen LogP contribution in [0, 0.1) is 0 Å². The lowest BCUT2D eigenvalue weighted by molar-refractivity contribution is 0.470. The van der Waals surface area contributed by atoms with Crippen molar-refractivity contribution in [1.82, 2.24) is 0 Å². The molecular formula is C18H16Br2Cl2N2O2. The molecule has 2 aromatic carbocycles. The number of nitrogens with zero attached hydrogens (tertiary/aromatic N) is 2. The Bertz CT molecular complexity index is 884. The van der Waals surface area contributed by atoms with Gasteiger partial charge in [0.15, 0.2) is 0 Å². The maximum absolute atomic E-state index is 10.1. The zero-order valence-electron chi connectivity index (χ0n) is 14.0. The topological polar surface area (TPSA) is 65.2 Å². The molecule has 0 unspecified atom stereocenters. The first-order valence-corrected chi connectivity index (χ1v) is 9.84. The van der Waals surface area contributed by atoms with Crippen LogP contribution in [0.1, 0.15) is 25.0 Å². The Hall–Kier alpha value is -1.08. The van der Waals surface area contributed by atoms with Gasteiger partial charge in [-0.1, -0.05) is 23.2 Å². The zero-order valence-corrected chi connectivity index (χ0v) is 18.7. The van der Waals surface area contributed by atoms with Gasteiger partial charge in [-0.3, -0.25) is 9.98 Å². The van der Waals surface area contributed by atoms with Gasteiger partial charge in [0.2, 0.25) is 0 Å². The fourth-order valence-electron chi connectivity index (χ4n) is 2.02. The van der Waals surface area contributed by atoms with Crippen molar-refractivity contribution in [2.75, 3.05) is 6.54 Å². The second-order valence-electron chi connectivity index (χ2n) is 6.19. The second-order valence-corrected chi connectivity index (χ2v) is 8.77. The Kier molecular flexibility index (Phi) is 7.13. The third-order valence-corrected chi connectivity index (χ3v) is 5.02. The molecule has 2 aromatic rings. The molecule has 26 heavy (non-hydrogen) atoms. The van der Waals surface area contributed by atoms with E-state index in [9.17, 15) is 10.2 Å². The highest BCUT2D eigenvalue weighted by Gasteiger charge is 2.15. The predicted molar refractivity (Wildman–Crippen MR) is 116 cm³/mol. The highest BCUT2D eigenvalue weighted by Crippen LogP contribution is 2.31. The average Bonchev–Trinajstić information content (AvgIpc) is 2.54. The molecule has 0 aliphatic heterocycles. The van der Waals surface area contributed by atoms with E-state index in [1.807, 2.05) is 13.8 Å². The predicted octanol–water partition coefficient (Wildman–Crippen LogP) is 6.25. The number of hydrogen-bond donors (Lipinski definition) is 2. The molecule has 8 heteroatoms. The zero-order chi connectivity index (χ0) is 19.5. The minimum atomic E-state index is -0.525. The SMILES string of the molecule is CC(C)(CN=Cc1cc(Cl)cc(Br)c1O)N=Cc1cc(Cl)cc(Br)c1O. The van der Waals surface area contributed by atoms with E-state index in [1.165, 1.54) is 0 Å². The van der Waals surface area contributed by atoms with Crippen LogP contribution in [0.4, 0.5) is 0 Å². The lowest BCUT2D eigenvalue weighted by Crippen LogP contribution is -2.21. The molecule has 0 aliphatic carbocycles. The van der Waals surface area contributed by atoms with Gasteiger partial charge in [-0.25, -0.2) is 0 Å². The summed E-state index contributed by atoms with van der Waals surface area (Å²) in [5, 5.41) is 21.1. The van der Waals surface area contributed by atoms with Gasteiger partial charge in [0.1, 0.15) is 11.5 Å². The van der Waals surface area contributed by atoms with Crippen LogP contribution in [0.5, 0.6) is 11.5 Å². The Morgan fingerprint density at radius 3 is 1.88 bits per heavy atom. The Balaban J connectivity index is 2.14. The van der Waals surface area contributed by atoms with E-state index >= 15 is 0 Å². The van der Waals surface area contributed by atoms with Crippen molar-refractivity contribution in [3.8, 4) is 11.5 Å². The van der Waals surface area contributed by atoms with Crippen LogP contribution in [0.25, 0.3) is 0 Å². The van der Waals surface area contributed by atoms with Gasteiger partial charge in [0.05, 0.1) is 21.0 Å². The van der Waals surface area contributed by atoms with Crippen molar-refractivity contribution in [2.24, 2.45) is 9.98 Å². The van der Waals surface area contributed by atoms with E-state index in [4.69, 9.17) is 23.2 Å². The van der Waals surface area contributed by atoms with E-state index < -0.39 is 5.54 Å². The van der Waals surface area contributed by atoms with Crippen molar-refractivity contribution in [3.05, 3.63) is 54.4 Å². The molecule has 0 spiro atoms. The summed E-state index contributed by atoms with van der Waals surface area (Å²) >= 11 is 18.5. The minimum Gasteiger partial charge on any atom is -0.506 e. The quantitative estimate of drug-likeness (QED) is 0.456. The van der Waals surface area contributed by atoms with Crippen LogP contribution >= 0.6 is 55.1 Å². The summed E-state index contributed by atoms with van der Waals surface area (Å²) < 4.78 is 1.01. The second kappa shape index (κ2) is 8.74. The number of aliphatic imine (C=N–C) groups is 2. The minimum absolute atomic E-state index is 0.0751. The number of phenols is 2. The maximum atomic E-state index is 10.1. The van der Waals surface area contributed by atoms with Crippen molar-refractivity contribution >= 4 is 67.5 Å². The standard InChI is InChI=1S/C18H16Br2Cl2N2O2/c1-18(2,24-8-11-4-13(22)6-15(20)17(11)26)9-23-7-10-3-12(21)5-14(19)16(10)25/h3-8,25-26H,9H2,1-2H3. The molecule has 2 N–H and O–H groups in total. The molecule has 138 valence electrons. The number of halogens is 4. The van der Waals surface area contributed by atoms with E-state index in [-0.39, 0.29) is 11.5 Å². The Morgan fingerprint density at radius 2 is 1.38 bits per heavy atom. The molecule has 0 aliphatic rings. The molecule has 0 amide bonds. The summed E-state index contributed by atoms with van der Waals surface area (Å²) in [4.78, 5) is 8.83. The molecule has 0 bridgehead atoms. The van der Waals surface area contributed by atoms with Crippen molar-refractivity contribution in [3.63, 3.8) is 0 Å². The first kappa shape index (κ1) is 21.2. The van der Waals surface area contributed by atoms with Gasteiger partial charge in [-0.15, -0.1) is 0 Å². The normalized spacial score (nSPS) is 12.4. The first-order chi connectivity index (χ1) is 12.1. The highest BCUT2D eigenvalue weighted by atomic mass is 79.9. The largest absolute Gasteiger partial charge is 0.506 e. The Morgan fingerprint density at radius 1 is 0.923 bits per heavy atom. The molecule has 0 heterocycles. The molecule has 0 saturated heterocycles. The summed E-state index contributed by atoms with van der Waals surface area (Å²) in [6, 6.07) is 6.48. The van der Waals surface area contributed by atoms with E-state index in [1.54, 1.807) is 36.7 Å². The van der Waals surface area contributed by atoms with Gasteiger partial charge in [0, 0.05) is 33.6 Å². The third kappa shape index (κ3) is 5.71. The summed E-state index contributed by atoms with van der Waals surface area (Å²) in [5.74, 6) is 0.152. The van der Waals surface area contributed by atoms with E-state index in [0.29, 0.717) is 36.7 Å². The van der Waals surface area contributed by atoms with Crippen LogP contribution in [0.2, 0.25) is 10.0 Å². The van der Waals surface area contributed by atoms with Gasteiger partial charge < -0.3 is 10.2 Å². The van der Waals surface area contributed by atoms with Crippen LogP contribution in [-0.4, -0.2) is 34.7 Å². The summed E-state index contributed by atoms with van der Waals surface area (Å²) in [6.07, 6.45) is 3.12. The number of benzene rings is 2. The molecular weight excluding hydrogens is 507 g/mol. The van der Waals surface area contributed by atoms with Crippen molar-refractivity contribution < 1.29 is 10.2 Å². The average molecular weight is 523 g/mol. The van der Waals surface area contributed by atoms with Gasteiger partial charge in [0.25, 0.3) is 0 Å². The summed E-state index contributed by atoms with van der Waals surface area (Å²) in [6.45, 7) is 4.19. The van der Waals surface area contributed by atoms with E-state index in [2.05, 4.69) is 41.8 Å². The highest BCUT2D eigenvalue weighted by molar-refractivity contribution is 9.10. The Labute approximate surface area is 178 Å². The molecule has 0 fully saturated rings. The number of phenolic OH excluding ortho intramolecular Hbond substituents is 2. The van der Waals surface area contributed by atoms with Crippen molar-refractivity contribution in [1.29, 1.82) is 0 Å². The summed E-state index contributed by atoms with van der Waals surface area (Å²) in [7, 11) is 0. The lowest BCUT2D eigenvalue weighted by atomic mass is 10.1. The van der Waals surface area contributed by atoms with Gasteiger partial charge in [-0.2, -0.15) is 0 Å². The van der Waals surface area contributed by atoms with Gasteiger partial charge >= 0.3 is 0 Å². The van der Waals surface area contributed by atoms with Crippen LogP contribution < -0.4 is 0 Å². The number of hydrogen-bond acceptors (Lipinski definition) is 4. The first-order valence-electron chi connectivity index (χ1n) is 7.50. The molecule has 0 atom stereocenters. The monoisotopic (exact) mass is 520 g/mol. The molecule has 0 saturated carbocycles. The van der Waals surface area contributed by atoms with Crippen LogP contribution in [0.3, 0.4) is 0 Å². The number of rotatable bonds is 5. The van der Waals surface area contributed by atoms with Crippen LogP contribution in [-0.2, 0) is 0 Å². The third-order valence-electron chi connectivity index (χ3n) is 3.38. The fraction of sp³-hybridized carbons (Fsp3) is 0.222. The molecule has 0 radical (unpaired) electrons. The van der Waals surface area contributed by atoms with E-state index in [0.717, 1.165) is 0 Å². The molecule has 4 nitrogen and oxygen atoms in total. The smallest absolute Gasteiger partial charge is 0.138 e. The lowest BCUT2D eigenvalue weighted by Gasteiger charge is -2.16. The fourth-order valence-corrected chi connectivity index (χ4v) is 3.69. The molecule has 2 rings (SSSR count). The number of aromatic hydroxyl groups is 2.